The fourth-order valence-corrected chi connectivity index (χ4v) is 3.35. The summed E-state index contributed by atoms with van der Waals surface area (Å²) < 4.78 is 27.4. The minimum Gasteiger partial charge on any atom is -0.471 e. The van der Waals surface area contributed by atoms with Crippen molar-refractivity contribution in [1.29, 1.82) is 0 Å². The van der Waals surface area contributed by atoms with E-state index in [2.05, 4.69) is 10.9 Å². The Labute approximate surface area is 180 Å². The van der Waals surface area contributed by atoms with E-state index in [1.807, 2.05) is 0 Å². The third kappa shape index (κ3) is 3.76. The zero-order chi connectivity index (χ0) is 23.2. The van der Waals surface area contributed by atoms with Crippen molar-refractivity contribution in [1.82, 2.24) is 9.55 Å². The summed E-state index contributed by atoms with van der Waals surface area (Å²) in [6.45, 7) is 3.36. The molecule has 0 saturated carbocycles. The molecule has 14 heteroatoms. The summed E-state index contributed by atoms with van der Waals surface area (Å²) in [5.41, 5.74) is 2.87. The number of nitrogens with two attached hydrogens (primary N) is 1. The SMILES string of the molecule is BC(B)(OC(=O)[C@@H](N)C(C)C)[C@@]1(F)O[C@@](B)(n2cc(C#C)c(=S)[nH]c2=O)[C@H](O)[C@@H]1O. The summed E-state index contributed by atoms with van der Waals surface area (Å²) >= 11 is 4.95. The first-order chi connectivity index (χ1) is 13.6. The Morgan fingerprint density at radius 3 is 2.60 bits per heavy atom. The number of ether oxygens (including phenoxy) is 2. The van der Waals surface area contributed by atoms with Crippen LogP contribution < -0.4 is 11.4 Å². The number of hydrogen-bond donors (Lipinski definition) is 4. The second kappa shape index (κ2) is 7.98. The monoisotopic (exact) mass is 437 g/mol. The van der Waals surface area contributed by atoms with Crippen molar-refractivity contribution in [3.8, 4) is 12.3 Å². The number of alkyl halides is 1. The van der Waals surface area contributed by atoms with Crippen LogP contribution in [0.2, 0.25) is 0 Å². The smallest absolute Gasteiger partial charge is 0.328 e. The largest absolute Gasteiger partial charge is 0.471 e. The van der Waals surface area contributed by atoms with Crippen LogP contribution in [-0.2, 0) is 19.9 Å². The number of halogens is 1. The molecule has 0 bridgehead atoms. The number of aromatic nitrogens is 2. The van der Waals surface area contributed by atoms with Crippen molar-refractivity contribution in [2.75, 3.05) is 0 Å². The average molecular weight is 437 g/mol. The van der Waals surface area contributed by atoms with E-state index in [1.54, 1.807) is 13.8 Å². The molecule has 1 aliphatic rings. The highest BCUT2D eigenvalue weighted by molar-refractivity contribution is 7.71. The molecule has 0 radical (unpaired) electrons. The lowest BCUT2D eigenvalue weighted by Gasteiger charge is -2.40. The van der Waals surface area contributed by atoms with Gasteiger partial charge in [-0.25, -0.2) is 9.18 Å². The summed E-state index contributed by atoms with van der Waals surface area (Å²) in [6, 6.07) is -1.04. The zero-order valence-electron chi connectivity index (χ0n) is 17.3. The molecule has 30 heavy (non-hydrogen) atoms. The molecular formula is C16H23B3FN3O6S. The second-order valence-electron chi connectivity index (χ2n) is 8.21. The van der Waals surface area contributed by atoms with Gasteiger partial charge in [-0.3, -0.25) is 14.3 Å². The number of carbonyl (C=O) groups is 1. The van der Waals surface area contributed by atoms with E-state index < -0.39 is 46.8 Å². The number of aliphatic hydroxyl groups excluding tert-OH is 2. The Hall–Kier alpha value is -1.91. The van der Waals surface area contributed by atoms with Crippen LogP contribution in [0.1, 0.15) is 19.4 Å². The Morgan fingerprint density at radius 2 is 2.10 bits per heavy atom. The molecule has 0 spiro atoms. The Kier molecular flexibility index (Phi) is 6.48. The van der Waals surface area contributed by atoms with E-state index in [1.165, 1.54) is 7.85 Å². The molecule has 0 aliphatic carbocycles. The van der Waals surface area contributed by atoms with Crippen molar-refractivity contribution in [3.63, 3.8) is 0 Å². The van der Waals surface area contributed by atoms with Crippen molar-refractivity contribution in [3.05, 3.63) is 26.9 Å². The van der Waals surface area contributed by atoms with Gasteiger partial charge >= 0.3 is 11.7 Å². The predicted octanol–water partition coefficient (Wildman–Crippen LogP) is -4.01. The minimum atomic E-state index is -3.10. The zero-order valence-corrected chi connectivity index (χ0v) is 18.1. The van der Waals surface area contributed by atoms with Gasteiger partial charge in [0.05, 0.1) is 5.56 Å². The third-order valence-corrected chi connectivity index (χ3v) is 5.65. The molecule has 0 aromatic carbocycles. The topological polar surface area (TPSA) is 140 Å². The number of aliphatic hydroxyl groups is 2. The summed E-state index contributed by atoms with van der Waals surface area (Å²) in [5, 5.41) is 19.1. The molecule has 1 fully saturated rings. The lowest BCUT2D eigenvalue weighted by molar-refractivity contribution is -0.250. The van der Waals surface area contributed by atoms with Crippen molar-refractivity contribution < 1.29 is 28.9 Å². The number of hydrogen-bond acceptors (Lipinski definition) is 8. The van der Waals surface area contributed by atoms with Crippen molar-refractivity contribution >= 4 is 41.7 Å². The molecule has 9 nitrogen and oxygen atoms in total. The summed E-state index contributed by atoms with van der Waals surface area (Å²) in [4.78, 5) is 27.0. The highest BCUT2D eigenvalue weighted by atomic mass is 32.1. The molecule has 0 unspecified atom stereocenters. The molecule has 160 valence electrons. The quantitative estimate of drug-likeness (QED) is 0.158. The van der Waals surface area contributed by atoms with Crippen LogP contribution in [0.3, 0.4) is 0 Å². The van der Waals surface area contributed by atoms with Gasteiger partial charge in [0.15, 0.2) is 23.5 Å². The van der Waals surface area contributed by atoms with Gasteiger partial charge in [-0.1, -0.05) is 32.0 Å². The Bertz CT molecular complexity index is 1010. The van der Waals surface area contributed by atoms with E-state index in [0.29, 0.717) is 0 Å². The van der Waals surface area contributed by atoms with Gasteiger partial charge in [0.2, 0.25) is 0 Å². The standard InChI is InChI=1S/C16H23B3FN3O6S/c1-4-7-5-23(13(27)22-11(7)30)15(17)10(25)9(24)14(20,29-15)16(18,19)28-12(26)8(21)6(2)3/h1,5-6,8-10,24-25H,17-19,21H2,2-3H3,(H,22,27,30)/t8-,9-,10+,14-,15-/m0/s1. The van der Waals surface area contributed by atoms with Gasteiger partial charge in [0.1, 0.15) is 33.9 Å². The third-order valence-electron chi connectivity index (χ3n) is 5.33. The van der Waals surface area contributed by atoms with E-state index in [4.69, 9.17) is 33.8 Å². The number of esters is 1. The second-order valence-corrected chi connectivity index (χ2v) is 8.62. The average Bonchev–Trinajstić information content (AvgIpc) is 2.82. The number of terminal acetylenes is 1. The van der Waals surface area contributed by atoms with Gasteiger partial charge in [-0.05, 0) is 5.92 Å². The van der Waals surface area contributed by atoms with Gasteiger partial charge in [-0.2, -0.15) is 0 Å². The maximum Gasteiger partial charge on any atom is 0.328 e. The molecule has 1 aromatic heterocycles. The summed E-state index contributed by atoms with van der Waals surface area (Å²) in [5.74, 6) is -2.05. The molecule has 5 atom stereocenters. The molecular weight excluding hydrogens is 414 g/mol. The summed E-state index contributed by atoms with van der Waals surface area (Å²) in [6.07, 6.45) is 2.34. The van der Waals surface area contributed by atoms with E-state index in [0.717, 1.165) is 26.5 Å². The van der Waals surface area contributed by atoms with Crippen LogP contribution in [0, 0.1) is 22.9 Å². The molecule has 1 saturated heterocycles. The van der Waals surface area contributed by atoms with E-state index >= 15 is 4.39 Å². The van der Waals surface area contributed by atoms with Gasteiger partial charge in [-0.15, -0.1) is 6.42 Å². The minimum absolute atomic E-state index is 0.0289. The number of aromatic amines is 1. The number of carbonyl (C=O) groups excluding carboxylic acids is 1. The highest BCUT2D eigenvalue weighted by Crippen LogP contribution is 2.45. The number of nitrogens with one attached hydrogen (secondary N) is 1. The molecule has 2 rings (SSSR count). The Morgan fingerprint density at radius 1 is 1.53 bits per heavy atom. The van der Waals surface area contributed by atoms with Crippen LogP contribution in [0.4, 0.5) is 4.39 Å². The molecule has 1 aliphatic heterocycles. The van der Waals surface area contributed by atoms with Gasteiger partial charge in [0.25, 0.3) is 5.85 Å². The van der Waals surface area contributed by atoms with Gasteiger partial charge in [0, 0.05) is 6.20 Å². The number of nitrogens with zero attached hydrogens (tertiary/aromatic N) is 1. The van der Waals surface area contributed by atoms with Crippen molar-refractivity contribution in [2.45, 2.75) is 49.0 Å². The maximum absolute atomic E-state index is 16.0. The summed E-state index contributed by atoms with van der Waals surface area (Å²) in [7, 11) is 3.50. The molecule has 0 amide bonds. The number of rotatable bonds is 5. The van der Waals surface area contributed by atoms with Gasteiger partial charge < -0.3 is 25.4 Å². The Balaban J connectivity index is 2.52. The van der Waals surface area contributed by atoms with E-state index in [9.17, 15) is 19.8 Å². The van der Waals surface area contributed by atoms with Crippen LogP contribution in [0.15, 0.2) is 11.0 Å². The highest BCUT2D eigenvalue weighted by Gasteiger charge is 2.69. The number of H-pyrrole nitrogens is 1. The lowest BCUT2D eigenvalue weighted by atomic mass is 9.59. The first kappa shape index (κ1) is 24.4. The van der Waals surface area contributed by atoms with Crippen LogP contribution in [0.5, 0.6) is 0 Å². The fourth-order valence-electron chi connectivity index (χ4n) is 3.15. The normalized spacial score (nSPS) is 30.1. The molecule has 2 heterocycles. The van der Waals surface area contributed by atoms with Crippen LogP contribution in [-0.4, -0.2) is 78.8 Å². The van der Waals surface area contributed by atoms with Crippen molar-refractivity contribution in [2.24, 2.45) is 11.7 Å². The first-order valence-electron chi connectivity index (χ1n) is 9.19. The van der Waals surface area contributed by atoms with E-state index in [-0.39, 0.29) is 16.1 Å². The predicted molar refractivity (Wildman–Crippen MR) is 116 cm³/mol. The molecule has 5 N–H and O–H groups in total. The van der Waals surface area contributed by atoms with Crippen LogP contribution >= 0.6 is 12.2 Å². The van der Waals surface area contributed by atoms with Crippen LogP contribution in [0.25, 0.3) is 0 Å². The molecule has 1 aromatic rings. The lowest BCUT2D eigenvalue weighted by Crippen LogP contribution is -2.62. The first-order valence-corrected chi connectivity index (χ1v) is 9.60. The fraction of sp³-hybridized carbons (Fsp3) is 0.562. The maximum atomic E-state index is 16.0.